The van der Waals surface area contributed by atoms with Crippen LogP contribution in [0, 0.1) is 0 Å². The molecule has 2 rings (SSSR count). The van der Waals surface area contributed by atoms with Gasteiger partial charge in [0.15, 0.2) is 0 Å². The Hall–Kier alpha value is -2.23. The van der Waals surface area contributed by atoms with Gasteiger partial charge in [0.1, 0.15) is 5.75 Å². The first-order valence-corrected chi connectivity index (χ1v) is 7.05. The second-order valence-electron chi connectivity index (χ2n) is 5.41. The van der Waals surface area contributed by atoms with Crippen molar-refractivity contribution in [3.8, 4) is 5.75 Å². The van der Waals surface area contributed by atoms with Gasteiger partial charge < -0.3 is 9.64 Å². The molecule has 1 aromatic carbocycles. The Bertz CT molecular complexity index is 618. The highest BCUT2D eigenvalue weighted by molar-refractivity contribution is 5.47. The molecule has 0 bridgehead atoms. The molecule has 1 atom stereocenters. The third-order valence-electron chi connectivity index (χ3n) is 3.51. The summed E-state index contributed by atoms with van der Waals surface area (Å²) in [5, 5.41) is 4.28. The Morgan fingerprint density at radius 3 is 2.81 bits per heavy atom. The molecule has 0 unspecified atom stereocenters. The molecule has 0 N–H and O–H groups in total. The van der Waals surface area contributed by atoms with Crippen LogP contribution in [0.5, 0.6) is 5.75 Å². The van der Waals surface area contributed by atoms with Gasteiger partial charge in [-0.1, -0.05) is 24.3 Å². The monoisotopic (exact) mass is 285 g/mol. The van der Waals surface area contributed by atoms with Gasteiger partial charge in [0.05, 0.1) is 25.0 Å². The number of benzene rings is 1. The van der Waals surface area contributed by atoms with Crippen molar-refractivity contribution in [1.82, 2.24) is 9.78 Å². The van der Waals surface area contributed by atoms with Crippen LogP contribution in [-0.4, -0.2) is 23.4 Å². The van der Waals surface area contributed by atoms with Crippen LogP contribution in [0.15, 0.2) is 48.8 Å². The van der Waals surface area contributed by atoms with Crippen LogP contribution in [0.4, 0.5) is 5.69 Å². The number of aryl methyl sites for hydroxylation is 1. The molecule has 0 saturated heterocycles. The van der Waals surface area contributed by atoms with E-state index in [1.54, 1.807) is 7.11 Å². The molecule has 1 aromatic heterocycles. The van der Waals surface area contributed by atoms with Gasteiger partial charge >= 0.3 is 0 Å². The average molecular weight is 285 g/mol. The number of rotatable bonds is 6. The molecule has 1 heterocycles. The summed E-state index contributed by atoms with van der Waals surface area (Å²) in [7, 11) is 3.62. The normalized spacial score (nSPS) is 12.0. The van der Waals surface area contributed by atoms with Crippen LogP contribution < -0.4 is 9.64 Å². The van der Waals surface area contributed by atoms with Gasteiger partial charge in [-0.05, 0) is 31.5 Å². The van der Waals surface area contributed by atoms with Gasteiger partial charge in [0.25, 0.3) is 0 Å². The van der Waals surface area contributed by atoms with Crippen molar-refractivity contribution in [3.63, 3.8) is 0 Å². The van der Waals surface area contributed by atoms with E-state index in [9.17, 15) is 0 Å². The number of anilines is 1. The first kappa shape index (κ1) is 15.2. The van der Waals surface area contributed by atoms with Crippen molar-refractivity contribution >= 4 is 5.69 Å². The summed E-state index contributed by atoms with van der Waals surface area (Å²) in [4.78, 5) is 2.30. The number of ether oxygens (including phenoxy) is 1. The molecule has 0 saturated carbocycles. The molecule has 0 aliphatic carbocycles. The summed E-state index contributed by atoms with van der Waals surface area (Å²) in [6.07, 6.45) is 3.92. The van der Waals surface area contributed by atoms with E-state index in [0.29, 0.717) is 0 Å². The topological polar surface area (TPSA) is 30.3 Å². The lowest BCUT2D eigenvalue weighted by atomic mass is 10.1. The number of methoxy groups -OCH3 is 1. The molecule has 4 nitrogen and oxygen atoms in total. The molecule has 21 heavy (non-hydrogen) atoms. The van der Waals surface area contributed by atoms with Crippen LogP contribution in [0.2, 0.25) is 0 Å². The minimum Gasteiger partial charge on any atom is -0.497 e. The zero-order chi connectivity index (χ0) is 15.4. The molecule has 2 aromatic rings. The fourth-order valence-corrected chi connectivity index (χ4v) is 2.38. The van der Waals surface area contributed by atoms with Crippen molar-refractivity contribution in [2.24, 2.45) is 7.05 Å². The van der Waals surface area contributed by atoms with E-state index in [0.717, 1.165) is 23.6 Å². The van der Waals surface area contributed by atoms with Gasteiger partial charge in [-0.15, -0.1) is 0 Å². The van der Waals surface area contributed by atoms with Crippen molar-refractivity contribution in [3.05, 3.63) is 54.4 Å². The van der Waals surface area contributed by atoms with Gasteiger partial charge in [0, 0.05) is 19.8 Å². The summed E-state index contributed by atoms with van der Waals surface area (Å²) in [5.41, 5.74) is 3.42. The van der Waals surface area contributed by atoms with Crippen molar-refractivity contribution in [1.29, 1.82) is 0 Å². The molecule has 112 valence electrons. The molecule has 0 amide bonds. The van der Waals surface area contributed by atoms with E-state index in [2.05, 4.69) is 35.6 Å². The Morgan fingerprint density at radius 1 is 1.48 bits per heavy atom. The van der Waals surface area contributed by atoms with E-state index >= 15 is 0 Å². The Morgan fingerprint density at radius 2 is 2.24 bits per heavy atom. The minimum absolute atomic E-state index is 0.209. The first-order valence-electron chi connectivity index (χ1n) is 7.05. The fraction of sp³-hybridized carbons (Fsp3) is 0.353. The van der Waals surface area contributed by atoms with Crippen molar-refractivity contribution in [2.45, 2.75) is 19.9 Å². The summed E-state index contributed by atoms with van der Waals surface area (Å²) in [6.45, 7) is 9.07. The van der Waals surface area contributed by atoms with Crippen LogP contribution in [0.3, 0.4) is 0 Å². The van der Waals surface area contributed by atoms with Crippen LogP contribution in [-0.2, 0) is 7.05 Å². The van der Waals surface area contributed by atoms with Crippen LogP contribution >= 0.6 is 0 Å². The maximum Gasteiger partial charge on any atom is 0.119 e. The number of aromatic nitrogens is 2. The lowest BCUT2D eigenvalue weighted by Gasteiger charge is -2.30. The highest BCUT2D eigenvalue weighted by Gasteiger charge is 2.18. The van der Waals surface area contributed by atoms with Crippen molar-refractivity contribution in [2.75, 3.05) is 18.6 Å². The van der Waals surface area contributed by atoms with Crippen LogP contribution in [0.1, 0.15) is 25.5 Å². The Kier molecular flexibility index (Phi) is 4.68. The average Bonchev–Trinajstić information content (AvgIpc) is 2.90. The van der Waals surface area contributed by atoms with E-state index in [1.807, 2.05) is 43.2 Å². The summed E-state index contributed by atoms with van der Waals surface area (Å²) < 4.78 is 7.14. The lowest BCUT2D eigenvalue weighted by molar-refractivity contribution is 0.414. The standard InChI is InChI=1S/C17H23N3O/c1-13(2)11-20(16-10-18-19(4)12-16)14(3)15-7-6-8-17(9-15)21-5/h6-10,12,14H,1,11H2,2-5H3/t14-/m0/s1. The van der Waals surface area contributed by atoms with E-state index < -0.39 is 0 Å². The van der Waals surface area contributed by atoms with E-state index in [4.69, 9.17) is 4.74 Å². The maximum atomic E-state index is 5.32. The van der Waals surface area contributed by atoms with Crippen LogP contribution in [0.25, 0.3) is 0 Å². The third-order valence-corrected chi connectivity index (χ3v) is 3.51. The Balaban J connectivity index is 2.33. The lowest BCUT2D eigenvalue weighted by Crippen LogP contribution is -2.28. The number of nitrogens with zero attached hydrogens (tertiary/aromatic N) is 3. The number of hydrogen-bond acceptors (Lipinski definition) is 3. The zero-order valence-corrected chi connectivity index (χ0v) is 13.2. The predicted molar refractivity (Wildman–Crippen MR) is 86.8 cm³/mol. The fourth-order valence-electron chi connectivity index (χ4n) is 2.38. The smallest absolute Gasteiger partial charge is 0.119 e. The first-order chi connectivity index (χ1) is 10.0. The Labute approximate surface area is 126 Å². The summed E-state index contributed by atoms with van der Waals surface area (Å²) in [6, 6.07) is 8.39. The molecular weight excluding hydrogens is 262 g/mol. The largest absolute Gasteiger partial charge is 0.497 e. The van der Waals surface area contributed by atoms with Gasteiger partial charge in [-0.2, -0.15) is 5.10 Å². The molecule has 0 aliphatic rings. The zero-order valence-electron chi connectivity index (χ0n) is 13.2. The third kappa shape index (κ3) is 3.66. The minimum atomic E-state index is 0.209. The predicted octanol–water partition coefficient (Wildman–Crippen LogP) is 3.57. The molecule has 4 heteroatoms. The van der Waals surface area contributed by atoms with E-state index in [-0.39, 0.29) is 6.04 Å². The summed E-state index contributed by atoms with van der Waals surface area (Å²) in [5.74, 6) is 0.876. The number of hydrogen-bond donors (Lipinski definition) is 0. The molecule has 0 fully saturated rings. The molecular formula is C17H23N3O. The van der Waals surface area contributed by atoms with E-state index in [1.165, 1.54) is 5.56 Å². The molecule has 0 radical (unpaired) electrons. The second kappa shape index (κ2) is 6.48. The van der Waals surface area contributed by atoms with Gasteiger partial charge in [0.2, 0.25) is 0 Å². The highest BCUT2D eigenvalue weighted by Crippen LogP contribution is 2.29. The highest BCUT2D eigenvalue weighted by atomic mass is 16.5. The molecule has 0 spiro atoms. The van der Waals surface area contributed by atoms with Gasteiger partial charge in [-0.25, -0.2) is 0 Å². The maximum absolute atomic E-state index is 5.32. The SMILES string of the molecule is C=C(C)CN(c1cnn(C)c1)[C@@H](C)c1cccc(OC)c1. The van der Waals surface area contributed by atoms with Crippen molar-refractivity contribution < 1.29 is 4.74 Å². The second-order valence-corrected chi connectivity index (χ2v) is 5.41. The summed E-state index contributed by atoms with van der Waals surface area (Å²) >= 11 is 0. The quantitative estimate of drug-likeness (QED) is 0.760. The molecule has 0 aliphatic heterocycles. The van der Waals surface area contributed by atoms with Gasteiger partial charge in [-0.3, -0.25) is 4.68 Å².